The minimum absolute atomic E-state index is 0.279. The summed E-state index contributed by atoms with van der Waals surface area (Å²) >= 11 is 3.62. The second-order valence-electron chi connectivity index (χ2n) is 4.95. The number of halogens is 1. The summed E-state index contributed by atoms with van der Waals surface area (Å²) in [5.74, 6) is 2.72. The molecule has 6 heteroatoms. The number of fused-ring (bicyclic) bond motifs is 1. The zero-order valence-corrected chi connectivity index (χ0v) is 12.9. The summed E-state index contributed by atoms with van der Waals surface area (Å²) in [4.78, 5) is 0. The van der Waals surface area contributed by atoms with E-state index in [9.17, 15) is 0 Å². The Balaban J connectivity index is 2.24. The molecule has 1 aromatic carbocycles. The van der Waals surface area contributed by atoms with Crippen molar-refractivity contribution in [2.75, 3.05) is 18.9 Å². The van der Waals surface area contributed by atoms with Gasteiger partial charge in [-0.15, -0.1) is 0 Å². The van der Waals surface area contributed by atoms with Crippen molar-refractivity contribution in [2.24, 2.45) is 0 Å². The normalized spacial score (nSPS) is 13.8. The maximum absolute atomic E-state index is 5.70. The third-order valence-electron chi connectivity index (χ3n) is 3.18. The second-order valence-corrected chi connectivity index (χ2v) is 5.74. The number of nitrogens with two attached hydrogens (primary N) is 1. The highest BCUT2D eigenvalue weighted by Crippen LogP contribution is 2.47. The number of nitrogen functional groups attached to an aromatic ring is 1. The first kappa shape index (κ1) is 13.3. The van der Waals surface area contributed by atoms with Gasteiger partial charge >= 0.3 is 0 Å². The van der Waals surface area contributed by atoms with Crippen molar-refractivity contribution in [3.05, 3.63) is 22.2 Å². The molecule has 2 aromatic rings. The standard InChI is InChI=1S/C14H15BrN2O3/c1-7(2)12-8(9-6-11(16)17-20-9)5-10-14(13(12)15)19-4-3-18-10/h5-7H,3-4H2,1-2H3,(H2,16,17). The molecular formula is C14H15BrN2O3. The molecule has 2 heterocycles. The van der Waals surface area contributed by atoms with Gasteiger partial charge in [0.15, 0.2) is 23.1 Å². The SMILES string of the molecule is CC(C)c1c(-c2cc(N)no2)cc2c(c1Br)OCCO2. The summed E-state index contributed by atoms with van der Waals surface area (Å²) in [5, 5.41) is 3.75. The molecule has 5 nitrogen and oxygen atoms in total. The van der Waals surface area contributed by atoms with Gasteiger partial charge in [-0.1, -0.05) is 19.0 Å². The molecule has 20 heavy (non-hydrogen) atoms. The number of ether oxygens (including phenoxy) is 2. The Hall–Kier alpha value is -1.69. The van der Waals surface area contributed by atoms with Gasteiger partial charge in [0.25, 0.3) is 0 Å². The lowest BCUT2D eigenvalue weighted by Crippen LogP contribution is -2.16. The number of aromatic nitrogens is 1. The van der Waals surface area contributed by atoms with E-state index in [2.05, 4.69) is 34.9 Å². The summed E-state index contributed by atoms with van der Waals surface area (Å²) in [6, 6.07) is 3.64. The smallest absolute Gasteiger partial charge is 0.175 e. The average Bonchev–Trinajstić information content (AvgIpc) is 2.84. The van der Waals surface area contributed by atoms with Crippen LogP contribution in [0.4, 0.5) is 5.82 Å². The molecule has 0 amide bonds. The summed E-state index contributed by atoms with van der Waals surface area (Å²) in [5.41, 5.74) is 7.65. The van der Waals surface area contributed by atoms with Crippen molar-refractivity contribution in [1.82, 2.24) is 5.16 Å². The van der Waals surface area contributed by atoms with Crippen LogP contribution in [0.5, 0.6) is 11.5 Å². The topological polar surface area (TPSA) is 70.5 Å². The van der Waals surface area contributed by atoms with Crippen molar-refractivity contribution in [3.63, 3.8) is 0 Å². The highest BCUT2D eigenvalue weighted by atomic mass is 79.9. The number of rotatable bonds is 2. The second kappa shape index (κ2) is 5.01. The number of nitrogens with zero attached hydrogens (tertiary/aromatic N) is 1. The van der Waals surface area contributed by atoms with Crippen molar-refractivity contribution < 1.29 is 14.0 Å². The first-order valence-electron chi connectivity index (χ1n) is 6.42. The summed E-state index contributed by atoms with van der Waals surface area (Å²) in [7, 11) is 0. The van der Waals surface area contributed by atoms with Crippen LogP contribution in [-0.2, 0) is 0 Å². The van der Waals surface area contributed by atoms with Gasteiger partial charge in [-0.2, -0.15) is 0 Å². The number of benzene rings is 1. The Morgan fingerprint density at radius 1 is 1.25 bits per heavy atom. The molecule has 0 saturated heterocycles. The first-order valence-corrected chi connectivity index (χ1v) is 7.21. The lowest BCUT2D eigenvalue weighted by molar-refractivity contribution is 0.170. The van der Waals surface area contributed by atoms with Gasteiger partial charge in [-0.25, -0.2) is 0 Å². The Labute approximate surface area is 125 Å². The Kier molecular flexibility index (Phi) is 3.33. The van der Waals surface area contributed by atoms with Gasteiger partial charge in [0.1, 0.15) is 13.2 Å². The Morgan fingerprint density at radius 2 is 2.00 bits per heavy atom. The molecular weight excluding hydrogens is 324 g/mol. The van der Waals surface area contributed by atoms with E-state index in [0.717, 1.165) is 21.3 Å². The zero-order chi connectivity index (χ0) is 14.3. The van der Waals surface area contributed by atoms with Gasteiger partial charge in [0, 0.05) is 11.6 Å². The van der Waals surface area contributed by atoms with Gasteiger partial charge in [0.05, 0.1) is 4.47 Å². The highest BCUT2D eigenvalue weighted by Gasteiger charge is 2.25. The molecule has 106 valence electrons. The fourth-order valence-electron chi connectivity index (χ4n) is 2.34. The third-order valence-corrected chi connectivity index (χ3v) is 3.97. The number of hydrogen-bond donors (Lipinski definition) is 1. The van der Waals surface area contributed by atoms with Crippen molar-refractivity contribution in [1.29, 1.82) is 0 Å². The quantitative estimate of drug-likeness (QED) is 0.906. The molecule has 1 aliphatic rings. The van der Waals surface area contributed by atoms with Gasteiger partial charge < -0.3 is 19.7 Å². The van der Waals surface area contributed by atoms with Crippen LogP contribution < -0.4 is 15.2 Å². The molecule has 0 spiro atoms. The minimum Gasteiger partial charge on any atom is -0.486 e. The molecule has 0 radical (unpaired) electrons. The van der Waals surface area contributed by atoms with Gasteiger partial charge in [0.2, 0.25) is 0 Å². The molecule has 1 aliphatic heterocycles. The molecule has 3 rings (SSSR count). The zero-order valence-electron chi connectivity index (χ0n) is 11.3. The lowest BCUT2D eigenvalue weighted by Gasteiger charge is -2.24. The van der Waals surface area contributed by atoms with Crippen LogP contribution >= 0.6 is 15.9 Å². The predicted molar refractivity (Wildman–Crippen MR) is 79.1 cm³/mol. The van der Waals surface area contributed by atoms with Crippen molar-refractivity contribution in [2.45, 2.75) is 19.8 Å². The Morgan fingerprint density at radius 3 is 2.65 bits per heavy atom. The molecule has 0 aliphatic carbocycles. The van der Waals surface area contributed by atoms with Crippen LogP contribution in [0.3, 0.4) is 0 Å². The summed E-state index contributed by atoms with van der Waals surface area (Å²) < 4.78 is 17.6. The van der Waals surface area contributed by atoms with E-state index >= 15 is 0 Å². The van der Waals surface area contributed by atoms with Crippen molar-refractivity contribution in [3.8, 4) is 22.8 Å². The van der Waals surface area contributed by atoms with E-state index in [1.807, 2.05) is 6.07 Å². The molecule has 2 N–H and O–H groups in total. The monoisotopic (exact) mass is 338 g/mol. The molecule has 0 fully saturated rings. The van der Waals surface area contributed by atoms with Crippen LogP contribution in [0.1, 0.15) is 25.3 Å². The van der Waals surface area contributed by atoms with Gasteiger partial charge in [-0.05, 0) is 33.5 Å². The van der Waals surface area contributed by atoms with E-state index in [1.54, 1.807) is 6.07 Å². The molecule has 0 unspecified atom stereocenters. The summed E-state index contributed by atoms with van der Waals surface area (Å²) in [6.07, 6.45) is 0. The number of hydrogen-bond acceptors (Lipinski definition) is 5. The molecule has 1 aromatic heterocycles. The van der Waals surface area contributed by atoms with Crippen LogP contribution in [-0.4, -0.2) is 18.4 Å². The van der Waals surface area contributed by atoms with E-state index in [-0.39, 0.29) is 5.92 Å². The minimum atomic E-state index is 0.279. The molecule has 0 saturated carbocycles. The third kappa shape index (κ3) is 2.14. The molecule has 0 atom stereocenters. The summed E-state index contributed by atoms with van der Waals surface area (Å²) in [6.45, 7) is 5.31. The Bertz CT molecular complexity index is 652. The fourth-order valence-corrected chi connectivity index (χ4v) is 3.33. The van der Waals surface area contributed by atoms with Crippen molar-refractivity contribution >= 4 is 21.7 Å². The highest BCUT2D eigenvalue weighted by molar-refractivity contribution is 9.10. The van der Waals surface area contributed by atoms with Crippen LogP contribution in [0, 0.1) is 0 Å². The van der Waals surface area contributed by atoms with Crippen LogP contribution in [0.2, 0.25) is 0 Å². The average molecular weight is 339 g/mol. The van der Waals surface area contributed by atoms with Crippen LogP contribution in [0.15, 0.2) is 21.1 Å². The van der Waals surface area contributed by atoms with E-state index in [0.29, 0.717) is 30.5 Å². The first-order chi connectivity index (χ1) is 9.58. The van der Waals surface area contributed by atoms with Crippen LogP contribution in [0.25, 0.3) is 11.3 Å². The lowest BCUT2D eigenvalue weighted by atomic mass is 9.94. The maximum Gasteiger partial charge on any atom is 0.175 e. The van der Waals surface area contributed by atoms with E-state index < -0.39 is 0 Å². The van der Waals surface area contributed by atoms with E-state index in [1.165, 1.54) is 0 Å². The largest absolute Gasteiger partial charge is 0.486 e. The predicted octanol–water partition coefficient (Wildman–Crippen LogP) is 3.58. The maximum atomic E-state index is 5.70. The van der Waals surface area contributed by atoms with E-state index in [4.69, 9.17) is 19.7 Å². The number of anilines is 1. The molecule has 0 bridgehead atoms. The fraction of sp³-hybridized carbons (Fsp3) is 0.357. The van der Waals surface area contributed by atoms with Gasteiger partial charge in [-0.3, -0.25) is 0 Å².